The van der Waals surface area contributed by atoms with E-state index in [0.29, 0.717) is 28.5 Å². The van der Waals surface area contributed by atoms with Gasteiger partial charge in [0.15, 0.2) is 5.16 Å². The summed E-state index contributed by atoms with van der Waals surface area (Å²) in [5, 5.41) is 2.48. The van der Waals surface area contributed by atoms with E-state index in [1.54, 1.807) is 14.0 Å². The Morgan fingerprint density at radius 2 is 2.04 bits per heavy atom. The highest BCUT2D eigenvalue weighted by Gasteiger charge is 2.22. The number of fused-ring (bicyclic) bond motifs is 1. The van der Waals surface area contributed by atoms with Crippen molar-refractivity contribution in [2.75, 3.05) is 20.8 Å². The summed E-state index contributed by atoms with van der Waals surface area (Å²) in [5.74, 6) is -0.520. The third-order valence-corrected chi connectivity index (χ3v) is 6.03. The number of thioether (sulfide) groups is 1. The highest BCUT2D eigenvalue weighted by atomic mass is 32.2. The van der Waals surface area contributed by atoms with Crippen molar-refractivity contribution in [1.82, 2.24) is 14.9 Å². The lowest BCUT2D eigenvalue weighted by molar-refractivity contribution is -0.119. The van der Waals surface area contributed by atoms with Gasteiger partial charge >= 0.3 is 6.09 Å². The summed E-state index contributed by atoms with van der Waals surface area (Å²) in [5.41, 5.74) is 0.763. The summed E-state index contributed by atoms with van der Waals surface area (Å²) >= 11 is 2.55. The maximum atomic E-state index is 13.0. The van der Waals surface area contributed by atoms with E-state index >= 15 is 0 Å². The van der Waals surface area contributed by atoms with Crippen LogP contribution in [0.15, 0.2) is 9.95 Å². The molecule has 0 spiro atoms. The number of methoxy groups -OCH3 is 2. The van der Waals surface area contributed by atoms with Crippen molar-refractivity contribution in [3.05, 3.63) is 20.8 Å². The molecule has 0 fully saturated rings. The minimum absolute atomic E-state index is 0.156. The van der Waals surface area contributed by atoms with Crippen molar-refractivity contribution in [2.45, 2.75) is 37.7 Å². The van der Waals surface area contributed by atoms with E-state index in [9.17, 15) is 14.4 Å². The van der Waals surface area contributed by atoms with Crippen LogP contribution < -0.4 is 10.9 Å². The second-order valence-electron chi connectivity index (χ2n) is 5.55. The van der Waals surface area contributed by atoms with Crippen LogP contribution in [0.2, 0.25) is 0 Å². The number of imide groups is 1. The summed E-state index contributed by atoms with van der Waals surface area (Å²) in [6.45, 7) is 6.13. The Labute approximate surface area is 158 Å². The van der Waals surface area contributed by atoms with Gasteiger partial charge < -0.3 is 9.47 Å². The second kappa shape index (κ2) is 8.65. The van der Waals surface area contributed by atoms with Crippen LogP contribution in [-0.4, -0.2) is 47.6 Å². The fraction of sp³-hybridized carbons (Fsp3) is 0.500. The first kappa shape index (κ1) is 20.4. The molecule has 26 heavy (non-hydrogen) atoms. The molecule has 2 amide bonds. The smallest absolute Gasteiger partial charge is 0.413 e. The Balaban J connectivity index is 2.42. The number of carbonyl (C=O) groups is 2. The monoisotopic (exact) mass is 399 g/mol. The average molecular weight is 399 g/mol. The normalized spacial score (nSPS) is 12.2. The van der Waals surface area contributed by atoms with Crippen LogP contribution in [0.5, 0.6) is 0 Å². The molecule has 10 heteroatoms. The van der Waals surface area contributed by atoms with Gasteiger partial charge in [0.1, 0.15) is 4.83 Å². The summed E-state index contributed by atoms with van der Waals surface area (Å²) in [7, 11) is 2.73. The van der Waals surface area contributed by atoms with Crippen molar-refractivity contribution in [3.8, 4) is 0 Å². The zero-order valence-corrected chi connectivity index (χ0v) is 16.9. The van der Waals surface area contributed by atoms with Gasteiger partial charge in [-0.2, -0.15) is 0 Å². The van der Waals surface area contributed by atoms with Gasteiger partial charge in [0, 0.05) is 12.0 Å². The molecule has 2 aromatic heterocycles. The molecule has 0 aliphatic rings. The number of aromatic nitrogens is 2. The fourth-order valence-electron chi connectivity index (χ4n) is 2.24. The topological polar surface area (TPSA) is 99.5 Å². The molecule has 0 unspecified atom stereocenters. The Morgan fingerprint density at radius 3 is 2.65 bits per heavy atom. The highest BCUT2D eigenvalue weighted by molar-refractivity contribution is 8.00. The van der Waals surface area contributed by atoms with Crippen LogP contribution in [0.25, 0.3) is 10.2 Å². The van der Waals surface area contributed by atoms with Crippen molar-refractivity contribution >= 4 is 45.3 Å². The van der Waals surface area contributed by atoms with Gasteiger partial charge in [-0.3, -0.25) is 19.5 Å². The lowest BCUT2D eigenvalue weighted by Crippen LogP contribution is -2.36. The van der Waals surface area contributed by atoms with Crippen molar-refractivity contribution in [3.63, 3.8) is 0 Å². The zero-order chi connectivity index (χ0) is 19.4. The predicted octanol–water partition coefficient (Wildman–Crippen LogP) is 2.08. The van der Waals surface area contributed by atoms with Crippen LogP contribution in [0.1, 0.15) is 17.4 Å². The maximum Gasteiger partial charge on any atom is 0.413 e. The van der Waals surface area contributed by atoms with E-state index in [4.69, 9.17) is 4.74 Å². The van der Waals surface area contributed by atoms with Gasteiger partial charge in [-0.25, -0.2) is 9.78 Å². The van der Waals surface area contributed by atoms with Gasteiger partial charge in [0.25, 0.3) is 5.56 Å². The number of hydrogen-bond acceptors (Lipinski definition) is 8. The van der Waals surface area contributed by atoms with E-state index < -0.39 is 17.3 Å². The van der Waals surface area contributed by atoms with Gasteiger partial charge in [0.2, 0.25) is 5.91 Å². The number of aryl methyl sites for hydroxylation is 2. The standard InChI is InChI=1S/C16H21N3O5S2/c1-8-9(2)25-13-11(8)14(21)19(6-7-23-4)15(18-13)26-10(3)12(20)17-16(22)24-5/h10H,6-7H2,1-5H3,(H,17,20,22)/t10-/m1/s1. The minimum atomic E-state index is -0.827. The largest absolute Gasteiger partial charge is 0.453 e. The Kier molecular flexibility index (Phi) is 6.79. The van der Waals surface area contributed by atoms with Crippen molar-refractivity contribution in [1.29, 1.82) is 0 Å². The maximum absolute atomic E-state index is 13.0. The van der Waals surface area contributed by atoms with E-state index in [-0.39, 0.29) is 5.56 Å². The molecule has 0 aromatic carbocycles. The summed E-state index contributed by atoms with van der Waals surface area (Å²) in [6.07, 6.45) is -0.827. The van der Waals surface area contributed by atoms with Gasteiger partial charge in [-0.1, -0.05) is 11.8 Å². The van der Waals surface area contributed by atoms with E-state index in [0.717, 1.165) is 22.2 Å². The van der Waals surface area contributed by atoms with E-state index in [1.807, 2.05) is 13.8 Å². The molecular formula is C16H21N3O5S2. The Morgan fingerprint density at radius 1 is 1.35 bits per heavy atom. The molecule has 0 saturated carbocycles. The Hall–Kier alpha value is -1.91. The summed E-state index contributed by atoms with van der Waals surface area (Å²) < 4.78 is 11.0. The number of amides is 2. The van der Waals surface area contributed by atoms with Crippen LogP contribution >= 0.6 is 23.1 Å². The lowest BCUT2D eigenvalue weighted by Gasteiger charge is -2.15. The molecule has 2 aromatic rings. The van der Waals surface area contributed by atoms with Crippen LogP contribution in [-0.2, 0) is 20.8 Å². The summed E-state index contributed by atoms with van der Waals surface area (Å²) in [6, 6.07) is 0. The van der Waals surface area contributed by atoms with Crippen LogP contribution in [0.3, 0.4) is 0 Å². The first-order valence-corrected chi connectivity index (χ1v) is 9.54. The number of thiophene rings is 1. The number of carbonyl (C=O) groups excluding carboxylic acids is 2. The predicted molar refractivity (Wildman–Crippen MR) is 101 cm³/mol. The fourth-order valence-corrected chi connectivity index (χ4v) is 4.25. The first-order chi connectivity index (χ1) is 12.3. The van der Waals surface area contributed by atoms with Gasteiger partial charge in [-0.15, -0.1) is 11.3 Å². The van der Waals surface area contributed by atoms with Crippen molar-refractivity contribution in [2.24, 2.45) is 0 Å². The highest BCUT2D eigenvalue weighted by Crippen LogP contribution is 2.29. The third kappa shape index (κ3) is 4.25. The number of ether oxygens (including phenoxy) is 2. The molecular weight excluding hydrogens is 378 g/mol. The quantitative estimate of drug-likeness (QED) is 0.586. The van der Waals surface area contributed by atoms with Crippen LogP contribution in [0.4, 0.5) is 4.79 Å². The van der Waals surface area contributed by atoms with E-state index in [1.165, 1.54) is 23.0 Å². The zero-order valence-electron chi connectivity index (χ0n) is 15.2. The van der Waals surface area contributed by atoms with E-state index in [2.05, 4.69) is 15.0 Å². The number of rotatable bonds is 6. The molecule has 0 aliphatic carbocycles. The number of hydrogen-bond donors (Lipinski definition) is 1. The lowest BCUT2D eigenvalue weighted by atomic mass is 10.2. The first-order valence-electron chi connectivity index (χ1n) is 7.85. The molecule has 142 valence electrons. The third-order valence-electron chi connectivity index (χ3n) is 3.83. The molecule has 0 radical (unpaired) electrons. The molecule has 8 nitrogen and oxygen atoms in total. The molecule has 1 N–H and O–H groups in total. The van der Waals surface area contributed by atoms with Crippen LogP contribution in [0, 0.1) is 13.8 Å². The number of nitrogens with one attached hydrogen (secondary N) is 1. The molecule has 0 aliphatic heterocycles. The number of alkyl carbamates (subject to hydrolysis) is 1. The average Bonchev–Trinajstić information content (AvgIpc) is 2.88. The molecule has 2 rings (SSSR count). The Bertz CT molecular complexity index is 890. The van der Waals surface area contributed by atoms with Gasteiger partial charge in [0.05, 0.1) is 30.9 Å². The SMILES string of the molecule is COCCn1c(S[C@H](C)C(=O)NC(=O)OC)nc2sc(C)c(C)c2c1=O. The summed E-state index contributed by atoms with van der Waals surface area (Å²) in [4.78, 5) is 42.5. The van der Waals surface area contributed by atoms with Gasteiger partial charge in [-0.05, 0) is 26.3 Å². The molecule has 2 heterocycles. The minimum Gasteiger partial charge on any atom is -0.453 e. The molecule has 0 bridgehead atoms. The molecule has 0 saturated heterocycles. The second-order valence-corrected chi connectivity index (χ2v) is 8.06. The molecule has 1 atom stereocenters. The van der Waals surface area contributed by atoms with Crippen molar-refractivity contribution < 1.29 is 19.1 Å². The number of nitrogens with zero attached hydrogens (tertiary/aromatic N) is 2.